The molecule has 0 aromatic rings. The van der Waals surface area contributed by atoms with E-state index in [1.54, 1.807) is 4.90 Å². The van der Waals surface area contributed by atoms with Gasteiger partial charge in [-0.3, -0.25) is 4.79 Å². The fourth-order valence-electron chi connectivity index (χ4n) is 1.69. The Morgan fingerprint density at radius 3 is 2.88 bits per heavy atom. The molecule has 4 nitrogen and oxygen atoms in total. The average molecular weight is 273 g/mol. The summed E-state index contributed by atoms with van der Waals surface area (Å²) in [7, 11) is 0. The predicted molar refractivity (Wildman–Crippen MR) is 62.7 cm³/mol. The minimum absolute atomic E-state index is 0. The number of rotatable bonds is 5. The topological polar surface area (TPSA) is 41.6 Å². The van der Waals surface area contributed by atoms with Gasteiger partial charge >= 0.3 is 0 Å². The SMILES string of the molecule is C[C@H]1CNCCN1C(=O)CCOCC(F)F.Cl. The highest BCUT2D eigenvalue weighted by Crippen LogP contribution is 2.05. The van der Waals surface area contributed by atoms with Crippen LogP contribution in [0.2, 0.25) is 0 Å². The molecular formula is C10H19ClF2N2O2. The molecule has 1 heterocycles. The second-order valence-corrected chi connectivity index (χ2v) is 3.86. The molecule has 1 rings (SSSR count). The molecule has 0 radical (unpaired) electrons. The summed E-state index contributed by atoms with van der Waals surface area (Å²) in [5, 5.41) is 3.18. The van der Waals surface area contributed by atoms with Gasteiger partial charge in [0.05, 0.1) is 13.0 Å². The zero-order valence-corrected chi connectivity index (χ0v) is 10.6. The van der Waals surface area contributed by atoms with Crippen molar-refractivity contribution in [1.29, 1.82) is 0 Å². The van der Waals surface area contributed by atoms with Gasteiger partial charge in [-0.05, 0) is 6.92 Å². The van der Waals surface area contributed by atoms with E-state index in [4.69, 9.17) is 0 Å². The average Bonchev–Trinajstić information content (AvgIpc) is 2.24. The second-order valence-electron chi connectivity index (χ2n) is 3.86. The normalized spacial score (nSPS) is 20.2. The van der Waals surface area contributed by atoms with E-state index in [0.29, 0.717) is 6.54 Å². The van der Waals surface area contributed by atoms with Gasteiger partial charge < -0.3 is 15.0 Å². The van der Waals surface area contributed by atoms with Crippen molar-refractivity contribution in [3.8, 4) is 0 Å². The maximum absolute atomic E-state index is 11.7. The lowest BCUT2D eigenvalue weighted by Gasteiger charge is -2.34. The van der Waals surface area contributed by atoms with Crippen molar-refractivity contribution in [2.45, 2.75) is 25.8 Å². The number of amides is 1. The van der Waals surface area contributed by atoms with Gasteiger partial charge in [0.1, 0.15) is 6.61 Å². The van der Waals surface area contributed by atoms with Gasteiger partial charge in [-0.2, -0.15) is 0 Å². The summed E-state index contributed by atoms with van der Waals surface area (Å²) < 4.78 is 28.2. The maximum atomic E-state index is 11.7. The van der Waals surface area contributed by atoms with Crippen molar-refractivity contribution in [3.63, 3.8) is 0 Å². The van der Waals surface area contributed by atoms with Crippen LogP contribution in [0.5, 0.6) is 0 Å². The van der Waals surface area contributed by atoms with Crippen LogP contribution in [0, 0.1) is 0 Å². The standard InChI is InChI=1S/C10H18F2N2O2.ClH/c1-8-6-13-3-4-14(8)10(15)2-5-16-7-9(11)12;/h8-9,13H,2-7H2,1H3;1H/t8-;/m0./s1. The van der Waals surface area contributed by atoms with Crippen molar-refractivity contribution >= 4 is 18.3 Å². The number of nitrogens with one attached hydrogen (secondary N) is 1. The number of hydrogen-bond donors (Lipinski definition) is 1. The smallest absolute Gasteiger partial charge is 0.261 e. The van der Waals surface area contributed by atoms with Crippen LogP contribution in [-0.2, 0) is 9.53 Å². The summed E-state index contributed by atoms with van der Waals surface area (Å²) in [6.07, 6.45) is -2.29. The summed E-state index contributed by atoms with van der Waals surface area (Å²) in [6.45, 7) is 3.68. The number of alkyl halides is 2. The zero-order chi connectivity index (χ0) is 12.0. The molecule has 1 amide bonds. The summed E-state index contributed by atoms with van der Waals surface area (Å²) in [4.78, 5) is 13.4. The molecule has 1 saturated heterocycles. The third-order valence-corrected chi connectivity index (χ3v) is 2.53. The van der Waals surface area contributed by atoms with E-state index in [1.807, 2.05) is 6.92 Å². The Labute approximate surface area is 106 Å². The third kappa shape index (κ3) is 6.14. The van der Waals surface area contributed by atoms with Crippen LogP contribution in [0.4, 0.5) is 8.78 Å². The van der Waals surface area contributed by atoms with E-state index in [2.05, 4.69) is 10.1 Å². The van der Waals surface area contributed by atoms with Gasteiger partial charge in [0, 0.05) is 25.7 Å². The molecule has 0 aromatic carbocycles. The van der Waals surface area contributed by atoms with Gasteiger partial charge in [0.15, 0.2) is 0 Å². The maximum Gasteiger partial charge on any atom is 0.261 e. The Balaban J connectivity index is 0.00000256. The van der Waals surface area contributed by atoms with E-state index in [9.17, 15) is 13.6 Å². The number of nitrogens with zero attached hydrogens (tertiary/aromatic N) is 1. The second kappa shape index (κ2) is 8.60. The summed E-state index contributed by atoms with van der Waals surface area (Å²) in [5.41, 5.74) is 0. The fourth-order valence-corrected chi connectivity index (χ4v) is 1.69. The number of piperazine rings is 1. The number of carbonyl (C=O) groups is 1. The Hall–Kier alpha value is -0.460. The largest absolute Gasteiger partial charge is 0.375 e. The Morgan fingerprint density at radius 1 is 1.59 bits per heavy atom. The van der Waals surface area contributed by atoms with Gasteiger partial charge in [0.2, 0.25) is 5.91 Å². The van der Waals surface area contributed by atoms with Crippen LogP contribution in [-0.4, -0.2) is 56.1 Å². The molecule has 1 aliphatic heterocycles. The van der Waals surface area contributed by atoms with Crippen LogP contribution >= 0.6 is 12.4 Å². The van der Waals surface area contributed by atoms with Gasteiger partial charge in [0.25, 0.3) is 6.43 Å². The first-order valence-corrected chi connectivity index (χ1v) is 5.47. The summed E-state index contributed by atoms with van der Waals surface area (Å²) >= 11 is 0. The lowest BCUT2D eigenvalue weighted by atomic mass is 10.2. The van der Waals surface area contributed by atoms with Crippen molar-refractivity contribution in [2.24, 2.45) is 0 Å². The van der Waals surface area contributed by atoms with E-state index < -0.39 is 13.0 Å². The molecule has 7 heteroatoms. The molecule has 1 atom stereocenters. The van der Waals surface area contributed by atoms with Crippen molar-refractivity contribution < 1.29 is 18.3 Å². The summed E-state index contributed by atoms with van der Waals surface area (Å²) in [5.74, 6) is -0.0248. The van der Waals surface area contributed by atoms with Crippen molar-refractivity contribution in [3.05, 3.63) is 0 Å². The molecule has 0 aromatic heterocycles. The van der Waals surface area contributed by atoms with E-state index >= 15 is 0 Å². The van der Waals surface area contributed by atoms with Crippen LogP contribution in [0.25, 0.3) is 0 Å². The molecule has 0 spiro atoms. The van der Waals surface area contributed by atoms with E-state index in [-0.39, 0.29) is 37.4 Å². The summed E-state index contributed by atoms with van der Waals surface area (Å²) in [6, 6.07) is 0.163. The minimum Gasteiger partial charge on any atom is -0.375 e. The molecule has 102 valence electrons. The highest BCUT2D eigenvalue weighted by Gasteiger charge is 2.22. The fraction of sp³-hybridized carbons (Fsp3) is 0.900. The first kappa shape index (κ1) is 16.5. The van der Waals surface area contributed by atoms with Crippen molar-refractivity contribution in [2.75, 3.05) is 32.8 Å². The Kier molecular flexibility index (Phi) is 8.37. The first-order chi connectivity index (χ1) is 7.61. The highest BCUT2D eigenvalue weighted by molar-refractivity contribution is 5.85. The highest BCUT2D eigenvalue weighted by atomic mass is 35.5. The van der Waals surface area contributed by atoms with Crippen LogP contribution < -0.4 is 5.32 Å². The molecule has 0 bridgehead atoms. The Bertz CT molecular complexity index is 232. The molecule has 17 heavy (non-hydrogen) atoms. The minimum atomic E-state index is -2.46. The molecule has 1 N–H and O–H groups in total. The van der Waals surface area contributed by atoms with Crippen molar-refractivity contribution in [1.82, 2.24) is 10.2 Å². The number of halogens is 3. The van der Waals surface area contributed by atoms with E-state index in [0.717, 1.165) is 13.1 Å². The van der Waals surface area contributed by atoms with Gasteiger partial charge in [-0.25, -0.2) is 8.78 Å². The Morgan fingerprint density at radius 2 is 2.29 bits per heavy atom. The monoisotopic (exact) mass is 272 g/mol. The lowest BCUT2D eigenvalue weighted by Crippen LogP contribution is -2.52. The molecule has 0 unspecified atom stereocenters. The third-order valence-electron chi connectivity index (χ3n) is 2.53. The molecule has 1 aliphatic rings. The quantitative estimate of drug-likeness (QED) is 0.756. The number of hydrogen-bond acceptors (Lipinski definition) is 3. The molecule has 0 aliphatic carbocycles. The van der Waals surface area contributed by atoms with Gasteiger partial charge in [-0.15, -0.1) is 12.4 Å². The molecule has 1 fully saturated rings. The zero-order valence-electron chi connectivity index (χ0n) is 9.83. The van der Waals surface area contributed by atoms with Crippen LogP contribution in [0.15, 0.2) is 0 Å². The van der Waals surface area contributed by atoms with Gasteiger partial charge in [-0.1, -0.05) is 0 Å². The first-order valence-electron chi connectivity index (χ1n) is 5.47. The van der Waals surface area contributed by atoms with Crippen LogP contribution in [0.3, 0.4) is 0 Å². The predicted octanol–water partition coefficient (Wildman–Crippen LogP) is 0.900. The lowest BCUT2D eigenvalue weighted by molar-refractivity contribution is -0.135. The molecule has 0 saturated carbocycles. The van der Waals surface area contributed by atoms with E-state index in [1.165, 1.54) is 0 Å². The molecular weight excluding hydrogens is 254 g/mol. The number of carbonyl (C=O) groups excluding carboxylic acids is 1. The van der Waals surface area contributed by atoms with Crippen LogP contribution in [0.1, 0.15) is 13.3 Å². The number of ether oxygens (including phenoxy) is 1.